The van der Waals surface area contributed by atoms with Crippen LogP contribution in [0.25, 0.3) is 0 Å². The van der Waals surface area contributed by atoms with Crippen LogP contribution in [-0.4, -0.2) is 22.6 Å². The van der Waals surface area contributed by atoms with Crippen molar-refractivity contribution in [3.63, 3.8) is 0 Å². The molecule has 5 nitrogen and oxygen atoms in total. The van der Waals surface area contributed by atoms with Crippen LogP contribution in [0.4, 0.5) is 23.0 Å². The Morgan fingerprint density at radius 3 is 2.48 bits per heavy atom. The van der Waals surface area contributed by atoms with Crippen molar-refractivity contribution in [1.29, 1.82) is 0 Å². The number of aromatic nitrogens is 2. The van der Waals surface area contributed by atoms with Crippen LogP contribution in [0.15, 0.2) is 24.5 Å². The Bertz CT molecular complexity index is 855. The number of benzene rings is 1. The summed E-state index contributed by atoms with van der Waals surface area (Å²) in [6, 6.07) is 6.89. The third kappa shape index (κ3) is 3.47. The molecule has 1 aliphatic heterocycles. The molecule has 1 aromatic heterocycles. The molecule has 2 bridgehead atoms. The lowest BCUT2D eigenvalue weighted by Crippen LogP contribution is -2.35. The van der Waals surface area contributed by atoms with Gasteiger partial charge in [-0.2, -0.15) is 0 Å². The van der Waals surface area contributed by atoms with Crippen LogP contribution in [0.5, 0.6) is 0 Å². The van der Waals surface area contributed by atoms with Crippen LogP contribution >= 0.6 is 0 Å². The fraction of sp³-hybridized carbons (Fsp3) is 0.545. The van der Waals surface area contributed by atoms with Gasteiger partial charge in [0.2, 0.25) is 0 Å². The largest absolute Gasteiger partial charge is 0.393 e. The van der Waals surface area contributed by atoms with Crippen molar-refractivity contribution in [2.75, 3.05) is 22.5 Å². The minimum atomic E-state index is 0.338. The molecule has 0 radical (unpaired) electrons. The Morgan fingerprint density at radius 2 is 1.78 bits per heavy atom. The lowest BCUT2D eigenvalue weighted by atomic mass is 9.65. The van der Waals surface area contributed by atoms with Crippen LogP contribution in [0.3, 0.4) is 0 Å². The van der Waals surface area contributed by atoms with E-state index in [1.807, 2.05) is 0 Å². The minimum absolute atomic E-state index is 0.338. The Morgan fingerprint density at radius 1 is 1.07 bits per heavy atom. The summed E-state index contributed by atoms with van der Waals surface area (Å²) in [7, 11) is 0. The smallest absolute Gasteiger partial charge is 0.159 e. The maximum absolute atomic E-state index is 6.55. The summed E-state index contributed by atoms with van der Waals surface area (Å²) in [5, 5.41) is 3.40. The average Bonchev–Trinajstić information content (AvgIpc) is 2.77. The van der Waals surface area contributed by atoms with Gasteiger partial charge >= 0.3 is 0 Å². The number of rotatable bonds is 3. The highest BCUT2D eigenvalue weighted by atomic mass is 15.3. The highest BCUT2D eigenvalue weighted by Crippen LogP contribution is 2.54. The molecule has 2 heterocycles. The van der Waals surface area contributed by atoms with E-state index in [1.54, 1.807) is 6.33 Å². The molecule has 2 fully saturated rings. The quantitative estimate of drug-likeness (QED) is 0.816. The fourth-order valence-corrected chi connectivity index (χ4v) is 5.61. The molecule has 3 N–H and O–H groups in total. The first-order valence-electron chi connectivity index (χ1n) is 9.87. The normalized spacial score (nSPS) is 26.3. The third-order valence-electron chi connectivity index (χ3n) is 6.03. The van der Waals surface area contributed by atoms with E-state index < -0.39 is 0 Å². The Hall–Kier alpha value is -2.30. The second-order valence-corrected chi connectivity index (χ2v) is 9.80. The lowest BCUT2D eigenvalue weighted by molar-refractivity contribution is 0.136. The van der Waals surface area contributed by atoms with Crippen LogP contribution in [0.2, 0.25) is 0 Å². The van der Waals surface area contributed by atoms with E-state index in [1.165, 1.54) is 30.4 Å². The van der Waals surface area contributed by atoms with Gasteiger partial charge in [-0.15, -0.1) is 0 Å². The van der Waals surface area contributed by atoms with Crippen LogP contribution in [0, 0.1) is 24.7 Å². The van der Waals surface area contributed by atoms with Crippen molar-refractivity contribution >= 4 is 23.0 Å². The van der Waals surface area contributed by atoms with Gasteiger partial charge in [0.05, 0.1) is 0 Å². The predicted molar refractivity (Wildman–Crippen MR) is 113 cm³/mol. The second kappa shape index (κ2) is 6.11. The average molecular weight is 366 g/mol. The second-order valence-electron chi connectivity index (χ2n) is 9.80. The molecule has 0 amide bonds. The molecule has 144 valence electrons. The number of aryl methyl sites for hydroxylation is 2. The zero-order valence-corrected chi connectivity index (χ0v) is 17.1. The van der Waals surface area contributed by atoms with Crippen molar-refractivity contribution < 1.29 is 0 Å². The van der Waals surface area contributed by atoms with Gasteiger partial charge in [-0.3, -0.25) is 0 Å². The van der Waals surface area contributed by atoms with Gasteiger partial charge < -0.3 is 16.0 Å². The van der Waals surface area contributed by atoms with E-state index in [-0.39, 0.29) is 0 Å². The molecule has 2 unspecified atom stereocenters. The standard InChI is InChI=1S/C22H31N5/c1-14-6-15(2)8-16(7-14)26-19-18(23)20(25-13-24-19)27-12-22(5)10-17(27)9-21(3,4)11-22/h6-8,13,17H,9-12,23H2,1-5H3,(H,24,25,26). The maximum atomic E-state index is 6.55. The number of nitrogens with zero attached hydrogens (tertiary/aromatic N) is 3. The van der Waals surface area contributed by atoms with E-state index >= 15 is 0 Å². The van der Waals surface area contributed by atoms with Gasteiger partial charge in [0.15, 0.2) is 11.6 Å². The molecule has 0 spiro atoms. The van der Waals surface area contributed by atoms with Gasteiger partial charge in [-0.1, -0.05) is 26.8 Å². The monoisotopic (exact) mass is 365 g/mol. The number of fused-ring (bicyclic) bond motifs is 2. The molecule has 2 atom stereocenters. The molecule has 1 aromatic carbocycles. The summed E-state index contributed by atoms with van der Waals surface area (Å²) >= 11 is 0. The van der Waals surface area contributed by atoms with Gasteiger partial charge in [0.1, 0.15) is 12.0 Å². The summed E-state index contributed by atoms with van der Waals surface area (Å²) in [6.07, 6.45) is 5.30. The Kier molecular flexibility index (Phi) is 4.09. The zero-order valence-electron chi connectivity index (χ0n) is 17.1. The van der Waals surface area contributed by atoms with Gasteiger partial charge in [0.25, 0.3) is 0 Å². The lowest BCUT2D eigenvalue weighted by Gasteiger charge is -2.39. The summed E-state index contributed by atoms with van der Waals surface area (Å²) in [5.41, 5.74) is 11.3. The number of nitrogen functional groups attached to an aromatic ring is 1. The first-order valence-corrected chi connectivity index (χ1v) is 9.87. The van der Waals surface area contributed by atoms with Gasteiger partial charge in [0, 0.05) is 18.3 Å². The molecule has 1 saturated carbocycles. The number of anilines is 4. The van der Waals surface area contributed by atoms with Gasteiger partial charge in [-0.05, 0) is 67.2 Å². The van der Waals surface area contributed by atoms with Crippen molar-refractivity contribution in [2.45, 2.75) is 59.9 Å². The highest BCUT2D eigenvalue weighted by Gasteiger charge is 2.50. The Balaban J connectivity index is 1.65. The molecule has 2 aromatic rings. The predicted octanol–water partition coefficient (Wildman–Crippen LogP) is 4.82. The molecule has 2 aliphatic rings. The molecule has 4 rings (SSSR count). The van der Waals surface area contributed by atoms with E-state index in [2.05, 4.69) is 73.0 Å². The van der Waals surface area contributed by atoms with E-state index in [0.717, 1.165) is 18.1 Å². The number of nitrogens with one attached hydrogen (secondary N) is 1. The van der Waals surface area contributed by atoms with Crippen LogP contribution < -0.4 is 16.0 Å². The molecule has 1 aliphatic carbocycles. The Labute approximate surface area is 162 Å². The van der Waals surface area contributed by atoms with Crippen molar-refractivity contribution in [3.8, 4) is 0 Å². The summed E-state index contributed by atoms with van der Waals surface area (Å²) in [5.74, 6) is 1.57. The van der Waals surface area contributed by atoms with E-state index in [9.17, 15) is 0 Å². The summed E-state index contributed by atoms with van der Waals surface area (Å²) in [4.78, 5) is 11.4. The van der Waals surface area contributed by atoms with Crippen molar-refractivity contribution in [2.24, 2.45) is 10.8 Å². The molecule has 5 heteroatoms. The molecular formula is C22H31N5. The zero-order chi connectivity index (χ0) is 19.4. The van der Waals surface area contributed by atoms with E-state index in [0.29, 0.717) is 28.4 Å². The first-order chi connectivity index (χ1) is 12.6. The number of hydrogen-bond donors (Lipinski definition) is 2. The third-order valence-corrected chi connectivity index (χ3v) is 6.03. The van der Waals surface area contributed by atoms with Crippen LogP contribution in [-0.2, 0) is 0 Å². The van der Waals surface area contributed by atoms with Gasteiger partial charge in [-0.25, -0.2) is 9.97 Å². The van der Waals surface area contributed by atoms with Crippen molar-refractivity contribution in [3.05, 3.63) is 35.7 Å². The topological polar surface area (TPSA) is 67.1 Å². The summed E-state index contributed by atoms with van der Waals surface area (Å²) < 4.78 is 0. The maximum Gasteiger partial charge on any atom is 0.159 e. The summed E-state index contributed by atoms with van der Waals surface area (Å²) in [6.45, 7) is 12.4. The van der Waals surface area contributed by atoms with Crippen LogP contribution in [0.1, 0.15) is 51.2 Å². The minimum Gasteiger partial charge on any atom is -0.393 e. The molecule has 1 saturated heterocycles. The highest BCUT2D eigenvalue weighted by molar-refractivity contribution is 5.79. The SMILES string of the molecule is Cc1cc(C)cc(Nc2ncnc(N3CC4(C)CC3CC(C)(C)C4)c2N)c1. The molecular weight excluding hydrogens is 334 g/mol. The number of nitrogens with two attached hydrogens (primary N) is 1. The van der Waals surface area contributed by atoms with Crippen molar-refractivity contribution in [1.82, 2.24) is 9.97 Å². The molecule has 27 heavy (non-hydrogen) atoms. The van der Waals surface area contributed by atoms with E-state index in [4.69, 9.17) is 5.73 Å². The fourth-order valence-electron chi connectivity index (χ4n) is 5.61. The first kappa shape index (κ1) is 18.1. The number of hydrogen-bond acceptors (Lipinski definition) is 5.